The first-order valence-electron chi connectivity index (χ1n) is 12.4. The number of hydrogen-bond acceptors (Lipinski definition) is 3. The maximum absolute atomic E-state index is 13.6. The monoisotopic (exact) mass is 560 g/mol. The second kappa shape index (κ2) is 12.7. The van der Waals surface area contributed by atoms with Crippen molar-refractivity contribution in [2.75, 3.05) is 6.54 Å². The lowest BCUT2D eigenvalue weighted by molar-refractivity contribution is 0.0947. The summed E-state index contributed by atoms with van der Waals surface area (Å²) in [5, 5.41) is 3.78. The first-order valence-corrected chi connectivity index (χ1v) is 12.4. The van der Waals surface area contributed by atoms with Gasteiger partial charge in [0.2, 0.25) is 0 Å². The normalized spacial score (nSPS) is 14.3. The van der Waals surface area contributed by atoms with Gasteiger partial charge in [-0.15, -0.1) is 24.8 Å². The Bertz CT molecular complexity index is 1370. The van der Waals surface area contributed by atoms with E-state index in [1.807, 2.05) is 18.2 Å². The van der Waals surface area contributed by atoms with Crippen LogP contribution in [0.3, 0.4) is 0 Å². The van der Waals surface area contributed by atoms with Crippen LogP contribution in [-0.4, -0.2) is 29.5 Å². The van der Waals surface area contributed by atoms with Crippen LogP contribution in [0, 0.1) is 17.6 Å². The summed E-state index contributed by atoms with van der Waals surface area (Å²) in [6.45, 7) is 0.329. The second-order valence-corrected chi connectivity index (χ2v) is 9.70. The lowest BCUT2D eigenvalue weighted by Crippen LogP contribution is -2.38. The number of carbonyl (C=O) groups excluding carboxylic acids is 1. The number of hydrogen-bond donors (Lipinski definition) is 4. The fourth-order valence-corrected chi connectivity index (χ4v) is 4.69. The molecule has 9 heteroatoms. The maximum Gasteiger partial charge on any atom is 0.268 e. The Morgan fingerprint density at radius 2 is 1.45 bits per heavy atom. The van der Waals surface area contributed by atoms with E-state index in [0.29, 0.717) is 23.7 Å². The highest BCUT2D eigenvalue weighted by atomic mass is 35.5. The highest BCUT2D eigenvalue weighted by molar-refractivity contribution is 6.10. The lowest BCUT2D eigenvalue weighted by Gasteiger charge is -2.16. The van der Waals surface area contributed by atoms with Gasteiger partial charge in [0.1, 0.15) is 17.3 Å². The number of aromatic nitrogens is 1. The summed E-state index contributed by atoms with van der Waals surface area (Å²) in [4.78, 5) is 16.5. The van der Waals surface area contributed by atoms with E-state index in [1.165, 1.54) is 37.1 Å². The summed E-state index contributed by atoms with van der Waals surface area (Å²) in [5.74, 6) is -0.310. The molecule has 1 aliphatic carbocycles. The minimum absolute atomic E-state index is 0. The fraction of sp³-hybridized carbons (Fsp3) is 0.276. The summed E-state index contributed by atoms with van der Waals surface area (Å²) in [7, 11) is 0. The van der Waals surface area contributed by atoms with Crippen molar-refractivity contribution in [3.8, 4) is 22.3 Å². The van der Waals surface area contributed by atoms with Crippen molar-refractivity contribution in [1.82, 2.24) is 10.3 Å². The van der Waals surface area contributed by atoms with E-state index < -0.39 is 0 Å². The van der Waals surface area contributed by atoms with Gasteiger partial charge in [0.15, 0.2) is 0 Å². The van der Waals surface area contributed by atoms with Crippen LogP contribution in [0.15, 0.2) is 66.7 Å². The van der Waals surface area contributed by atoms with Crippen LogP contribution < -0.4 is 16.8 Å². The first-order chi connectivity index (χ1) is 17.4. The molecule has 1 saturated carbocycles. The number of fused-ring (bicyclic) bond motifs is 1. The van der Waals surface area contributed by atoms with Crippen LogP contribution in [0.5, 0.6) is 0 Å². The molecule has 1 amide bonds. The van der Waals surface area contributed by atoms with E-state index in [2.05, 4.69) is 10.3 Å². The quantitative estimate of drug-likeness (QED) is 0.196. The molecule has 38 heavy (non-hydrogen) atoms. The van der Waals surface area contributed by atoms with Crippen LogP contribution >= 0.6 is 24.8 Å². The molecule has 1 aliphatic rings. The Balaban J connectivity index is 0.00000200. The Labute approximate surface area is 233 Å². The van der Waals surface area contributed by atoms with Gasteiger partial charge in [0, 0.05) is 35.1 Å². The molecule has 0 bridgehead atoms. The largest absolute Gasteiger partial charge is 0.350 e. The van der Waals surface area contributed by atoms with Gasteiger partial charge in [-0.2, -0.15) is 0 Å². The van der Waals surface area contributed by atoms with Gasteiger partial charge in [0.05, 0.1) is 0 Å². The Hall–Kier alpha value is -2.97. The number of aromatic amines is 1. The standard InChI is InChI=1S/C29H30F2N4O.2ClH/c30-21-8-3-17(4-9-21)20-7-13-24-26(15-20)35-28(27(24)19-5-10-22(31)11-6-19)29(36)34-16-23(32)12-14-25(33)18-1-2-18;;/h3-11,13,15,18,23,25,35H,1-2,12,14,16,32-33H2,(H,34,36);2*1H/t23-,25?;;/m0../s1. The van der Waals surface area contributed by atoms with Gasteiger partial charge >= 0.3 is 0 Å². The first kappa shape index (κ1) is 29.6. The zero-order valence-corrected chi connectivity index (χ0v) is 22.4. The van der Waals surface area contributed by atoms with Gasteiger partial charge in [-0.05, 0) is 78.6 Å². The van der Waals surface area contributed by atoms with Crippen molar-refractivity contribution in [3.05, 3.63) is 84.1 Å². The molecule has 0 saturated heterocycles. The molecule has 202 valence electrons. The number of nitrogens with two attached hydrogens (primary N) is 2. The van der Waals surface area contributed by atoms with Gasteiger partial charge < -0.3 is 21.8 Å². The molecule has 0 radical (unpaired) electrons. The molecule has 0 spiro atoms. The number of benzene rings is 3. The summed E-state index contributed by atoms with van der Waals surface area (Å²) in [6.07, 6.45) is 3.99. The second-order valence-electron chi connectivity index (χ2n) is 9.70. The predicted molar refractivity (Wildman–Crippen MR) is 154 cm³/mol. The van der Waals surface area contributed by atoms with Crippen LogP contribution in [0.25, 0.3) is 33.2 Å². The summed E-state index contributed by atoms with van der Waals surface area (Å²) in [6, 6.07) is 18.1. The van der Waals surface area contributed by atoms with E-state index in [0.717, 1.165) is 40.4 Å². The molecule has 3 aromatic carbocycles. The third kappa shape index (κ3) is 6.72. The molecule has 1 fully saturated rings. The fourth-order valence-electron chi connectivity index (χ4n) is 4.69. The maximum atomic E-state index is 13.6. The van der Waals surface area contributed by atoms with Crippen LogP contribution in [0.4, 0.5) is 8.78 Å². The molecule has 4 aromatic rings. The van der Waals surface area contributed by atoms with Crippen molar-refractivity contribution in [2.45, 2.75) is 37.8 Å². The number of rotatable bonds is 9. The van der Waals surface area contributed by atoms with Crippen molar-refractivity contribution >= 4 is 41.6 Å². The molecule has 6 N–H and O–H groups in total. The molecule has 5 nitrogen and oxygen atoms in total. The molecule has 2 atom stereocenters. The zero-order chi connectivity index (χ0) is 25.2. The van der Waals surface area contributed by atoms with Crippen molar-refractivity contribution in [2.24, 2.45) is 17.4 Å². The molecule has 1 heterocycles. The van der Waals surface area contributed by atoms with E-state index in [1.54, 1.807) is 24.3 Å². The number of carbonyl (C=O) groups is 1. The SMILES string of the molecule is Cl.Cl.NC(CC[C@H](N)CNC(=O)c1[nH]c2cc(-c3ccc(F)cc3)ccc2c1-c1ccc(F)cc1)C1CC1. The number of H-pyrrole nitrogens is 1. The predicted octanol–water partition coefficient (Wildman–Crippen LogP) is 6.20. The molecule has 5 rings (SSSR count). The van der Waals surface area contributed by atoms with E-state index in [4.69, 9.17) is 11.5 Å². The van der Waals surface area contributed by atoms with E-state index in [-0.39, 0.29) is 54.4 Å². The summed E-state index contributed by atoms with van der Waals surface area (Å²) >= 11 is 0. The third-order valence-electron chi connectivity index (χ3n) is 6.96. The average Bonchev–Trinajstić information content (AvgIpc) is 3.67. The van der Waals surface area contributed by atoms with Crippen molar-refractivity contribution in [1.29, 1.82) is 0 Å². The minimum atomic E-state index is -0.349. The van der Waals surface area contributed by atoms with Crippen LogP contribution in [0.2, 0.25) is 0 Å². The number of nitrogens with one attached hydrogen (secondary N) is 2. The smallest absolute Gasteiger partial charge is 0.268 e. The van der Waals surface area contributed by atoms with Crippen LogP contribution in [0.1, 0.15) is 36.2 Å². The van der Waals surface area contributed by atoms with E-state index in [9.17, 15) is 13.6 Å². The van der Waals surface area contributed by atoms with Gasteiger partial charge in [-0.3, -0.25) is 4.79 Å². The molecule has 1 unspecified atom stereocenters. The lowest BCUT2D eigenvalue weighted by atomic mass is 9.99. The highest BCUT2D eigenvalue weighted by Crippen LogP contribution is 2.35. The van der Waals surface area contributed by atoms with Gasteiger partial charge in [0.25, 0.3) is 5.91 Å². The van der Waals surface area contributed by atoms with Gasteiger partial charge in [-0.1, -0.05) is 36.4 Å². The Morgan fingerprint density at radius 1 is 0.868 bits per heavy atom. The van der Waals surface area contributed by atoms with Gasteiger partial charge in [-0.25, -0.2) is 8.78 Å². The minimum Gasteiger partial charge on any atom is -0.350 e. The molecule has 1 aromatic heterocycles. The highest BCUT2D eigenvalue weighted by Gasteiger charge is 2.28. The average molecular weight is 562 g/mol. The summed E-state index contributed by atoms with van der Waals surface area (Å²) < 4.78 is 27.0. The summed E-state index contributed by atoms with van der Waals surface area (Å²) in [5.41, 5.74) is 16.7. The topological polar surface area (TPSA) is 96.9 Å². The molecular weight excluding hydrogens is 529 g/mol. The third-order valence-corrected chi connectivity index (χ3v) is 6.96. The Morgan fingerprint density at radius 3 is 2.05 bits per heavy atom. The zero-order valence-electron chi connectivity index (χ0n) is 20.8. The number of amides is 1. The van der Waals surface area contributed by atoms with E-state index >= 15 is 0 Å². The molecule has 0 aliphatic heterocycles. The van der Waals surface area contributed by atoms with Crippen molar-refractivity contribution in [3.63, 3.8) is 0 Å². The molecular formula is C29H32Cl2F2N4O. The Kier molecular flexibility index (Phi) is 9.90. The van der Waals surface area contributed by atoms with Crippen molar-refractivity contribution < 1.29 is 13.6 Å². The van der Waals surface area contributed by atoms with Crippen LogP contribution in [-0.2, 0) is 0 Å². The number of halogens is 4.